The molecular weight excluding hydrogens is 330 g/mol. The lowest BCUT2D eigenvalue weighted by molar-refractivity contribution is -0.116. The molecule has 1 aliphatic heterocycles. The zero-order chi connectivity index (χ0) is 17.5. The molecule has 0 saturated heterocycles. The molecule has 128 valence electrons. The Morgan fingerprint density at radius 2 is 1.96 bits per heavy atom. The van der Waals surface area contributed by atoms with Crippen LogP contribution in [-0.4, -0.2) is 26.0 Å². The highest BCUT2D eigenvalue weighted by Crippen LogP contribution is 2.37. The van der Waals surface area contributed by atoms with E-state index >= 15 is 0 Å². The molecule has 0 spiro atoms. The average Bonchev–Trinajstić information content (AvgIpc) is 3.28. The second-order valence-corrected chi connectivity index (χ2v) is 6.41. The van der Waals surface area contributed by atoms with Crippen molar-refractivity contribution in [1.29, 1.82) is 0 Å². The highest BCUT2D eigenvalue weighted by atomic mass is 16.6. The van der Waals surface area contributed by atoms with E-state index < -0.39 is 0 Å². The van der Waals surface area contributed by atoms with E-state index in [0.29, 0.717) is 24.0 Å². The summed E-state index contributed by atoms with van der Waals surface area (Å²) in [5, 5.41) is 15.2. The first-order valence-electron chi connectivity index (χ1n) is 8.39. The van der Waals surface area contributed by atoms with Crippen LogP contribution in [0.25, 0.3) is 11.0 Å². The molecule has 0 fully saturated rings. The van der Waals surface area contributed by atoms with Crippen molar-refractivity contribution < 1.29 is 9.42 Å². The van der Waals surface area contributed by atoms with Gasteiger partial charge in [0, 0.05) is 17.9 Å². The second-order valence-electron chi connectivity index (χ2n) is 6.41. The van der Waals surface area contributed by atoms with Crippen LogP contribution < -0.4 is 5.32 Å². The molecule has 4 aromatic rings. The fourth-order valence-electron chi connectivity index (χ4n) is 3.46. The van der Waals surface area contributed by atoms with Gasteiger partial charge in [-0.15, -0.1) is 0 Å². The normalized spacial score (nSPS) is 16.5. The van der Waals surface area contributed by atoms with Crippen LogP contribution in [0.3, 0.4) is 0 Å². The standard InChI is InChI=1S/C19H15N5O2/c25-18-9-14(13-6-7-16-17(8-13)23-26-22-16)15-10-20-24(19(15)21-18)11-12-4-2-1-3-5-12/h1-8,10,14H,9,11H2,(H,21,25). The van der Waals surface area contributed by atoms with Gasteiger partial charge < -0.3 is 5.32 Å². The predicted octanol–water partition coefficient (Wildman–Crippen LogP) is 2.94. The summed E-state index contributed by atoms with van der Waals surface area (Å²) in [7, 11) is 0. The van der Waals surface area contributed by atoms with Crippen molar-refractivity contribution in [2.45, 2.75) is 18.9 Å². The van der Waals surface area contributed by atoms with Crippen LogP contribution in [0.1, 0.15) is 29.0 Å². The third-order valence-corrected chi connectivity index (χ3v) is 4.75. The van der Waals surface area contributed by atoms with E-state index in [2.05, 4.69) is 20.7 Å². The second kappa shape index (κ2) is 5.80. The van der Waals surface area contributed by atoms with Crippen LogP contribution >= 0.6 is 0 Å². The molecule has 1 amide bonds. The summed E-state index contributed by atoms with van der Waals surface area (Å²) in [5.41, 5.74) is 4.53. The van der Waals surface area contributed by atoms with Crippen molar-refractivity contribution in [2.24, 2.45) is 0 Å². The van der Waals surface area contributed by atoms with Gasteiger partial charge in [-0.2, -0.15) is 5.10 Å². The first kappa shape index (κ1) is 14.8. The van der Waals surface area contributed by atoms with Crippen LogP contribution in [0.5, 0.6) is 0 Å². The minimum absolute atomic E-state index is 0.0179. The Morgan fingerprint density at radius 3 is 2.85 bits per heavy atom. The molecule has 0 saturated carbocycles. The van der Waals surface area contributed by atoms with Gasteiger partial charge in [-0.1, -0.05) is 36.4 Å². The maximum atomic E-state index is 12.3. The van der Waals surface area contributed by atoms with Crippen LogP contribution in [-0.2, 0) is 11.3 Å². The van der Waals surface area contributed by atoms with E-state index in [1.807, 2.05) is 59.4 Å². The third kappa shape index (κ3) is 2.45. The van der Waals surface area contributed by atoms with Gasteiger partial charge in [0.2, 0.25) is 5.91 Å². The summed E-state index contributed by atoms with van der Waals surface area (Å²) in [5.74, 6) is 0.675. The molecule has 2 aromatic carbocycles. The molecule has 3 heterocycles. The first-order valence-corrected chi connectivity index (χ1v) is 8.39. The number of nitrogens with zero attached hydrogens (tertiary/aromatic N) is 4. The van der Waals surface area contributed by atoms with Gasteiger partial charge in [-0.25, -0.2) is 9.31 Å². The highest BCUT2D eigenvalue weighted by molar-refractivity contribution is 5.94. The maximum Gasteiger partial charge on any atom is 0.226 e. The molecule has 7 nitrogen and oxygen atoms in total. The Balaban J connectivity index is 1.55. The Bertz CT molecular complexity index is 1100. The molecule has 7 heteroatoms. The minimum atomic E-state index is -0.0654. The Morgan fingerprint density at radius 1 is 1.12 bits per heavy atom. The minimum Gasteiger partial charge on any atom is -0.311 e. The van der Waals surface area contributed by atoms with E-state index in [1.54, 1.807) is 0 Å². The SMILES string of the molecule is O=C1CC(c2ccc3nonc3c2)c2cnn(Cc3ccccc3)c2N1. The van der Waals surface area contributed by atoms with Crippen molar-refractivity contribution in [3.05, 3.63) is 71.4 Å². The molecule has 0 bridgehead atoms. The first-order chi connectivity index (χ1) is 12.8. The van der Waals surface area contributed by atoms with Crippen LogP contribution in [0.2, 0.25) is 0 Å². The third-order valence-electron chi connectivity index (χ3n) is 4.75. The fraction of sp³-hybridized carbons (Fsp3) is 0.158. The van der Waals surface area contributed by atoms with Crippen LogP contribution in [0.4, 0.5) is 5.82 Å². The zero-order valence-corrected chi connectivity index (χ0v) is 13.8. The van der Waals surface area contributed by atoms with Crippen molar-refractivity contribution in [3.8, 4) is 0 Å². The molecule has 0 radical (unpaired) electrons. The van der Waals surface area contributed by atoms with Crippen LogP contribution in [0.15, 0.2) is 59.4 Å². The molecule has 2 aromatic heterocycles. The summed E-state index contributed by atoms with van der Waals surface area (Å²) in [6.45, 7) is 0.607. The molecule has 1 aliphatic rings. The van der Waals surface area contributed by atoms with Crippen LogP contribution in [0, 0.1) is 0 Å². The molecule has 1 N–H and O–H groups in total. The number of hydrogen-bond donors (Lipinski definition) is 1. The Hall–Kier alpha value is -3.48. The number of fused-ring (bicyclic) bond motifs is 2. The molecular formula is C19H15N5O2. The number of benzene rings is 2. The fourth-order valence-corrected chi connectivity index (χ4v) is 3.46. The largest absolute Gasteiger partial charge is 0.311 e. The maximum absolute atomic E-state index is 12.3. The van der Waals surface area contributed by atoms with Crippen molar-refractivity contribution >= 4 is 22.8 Å². The smallest absolute Gasteiger partial charge is 0.226 e. The van der Waals surface area contributed by atoms with Crippen molar-refractivity contribution in [1.82, 2.24) is 20.1 Å². The van der Waals surface area contributed by atoms with Crippen molar-refractivity contribution in [3.63, 3.8) is 0 Å². The molecule has 26 heavy (non-hydrogen) atoms. The Labute approximate surface area is 148 Å². The molecule has 5 rings (SSSR count). The van der Waals surface area contributed by atoms with Gasteiger partial charge in [0.25, 0.3) is 0 Å². The number of anilines is 1. The number of nitrogens with one attached hydrogen (secondary N) is 1. The number of carbonyl (C=O) groups is 1. The van der Waals surface area contributed by atoms with E-state index in [9.17, 15) is 4.79 Å². The summed E-state index contributed by atoms with van der Waals surface area (Å²) in [4.78, 5) is 12.3. The highest BCUT2D eigenvalue weighted by Gasteiger charge is 2.30. The summed E-state index contributed by atoms with van der Waals surface area (Å²) < 4.78 is 6.61. The monoisotopic (exact) mass is 345 g/mol. The number of hydrogen-bond acceptors (Lipinski definition) is 5. The van der Waals surface area contributed by atoms with E-state index in [0.717, 1.165) is 22.5 Å². The van der Waals surface area contributed by atoms with Gasteiger partial charge in [0.05, 0.1) is 12.7 Å². The Kier molecular flexibility index (Phi) is 3.31. The summed E-state index contributed by atoms with van der Waals surface area (Å²) >= 11 is 0. The topological polar surface area (TPSA) is 85.8 Å². The van der Waals surface area contributed by atoms with Gasteiger partial charge in [0.15, 0.2) is 0 Å². The van der Waals surface area contributed by atoms with Gasteiger partial charge in [0.1, 0.15) is 16.9 Å². The predicted molar refractivity (Wildman–Crippen MR) is 94.7 cm³/mol. The number of amides is 1. The zero-order valence-electron chi connectivity index (χ0n) is 13.8. The summed E-state index contributed by atoms with van der Waals surface area (Å²) in [6, 6.07) is 15.8. The average molecular weight is 345 g/mol. The lowest BCUT2D eigenvalue weighted by Gasteiger charge is -2.23. The number of rotatable bonds is 3. The van der Waals surface area contributed by atoms with Gasteiger partial charge in [-0.3, -0.25) is 4.79 Å². The van der Waals surface area contributed by atoms with Gasteiger partial charge >= 0.3 is 0 Å². The van der Waals surface area contributed by atoms with Gasteiger partial charge in [-0.05, 0) is 33.6 Å². The van der Waals surface area contributed by atoms with E-state index in [4.69, 9.17) is 4.63 Å². The lowest BCUT2D eigenvalue weighted by Crippen LogP contribution is -2.25. The van der Waals surface area contributed by atoms with E-state index in [-0.39, 0.29) is 11.8 Å². The molecule has 1 unspecified atom stereocenters. The quantitative estimate of drug-likeness (QED) is 0.617. The number of aromatic nitrogens is 4. The van der Waals surface area contributed by atoms with Crippen molar-refractivity contribution in [2.75, 3.05) is 5.32 Å². The summed E-state index contributed by atoms with van der Waals surface area (Å²) in [6.07, 6.45) is 2.22. The molecule has 0 aliphatic carbocycles. The number of carbonyl (C=O) groups excluding carboxylic acids is 1. The lowest BCUT2D eigenvalue weighted by atomic mass is 9.87. The van der Waals surface area contributed by atoms with E-state index in [1.165, 1.54) is 0 Å². The molecule has 1 atom stereocenters.